The number of aliphatic imine (C=N–C) groups is 1. The molecule has 1 rings (SSSR count). The molecule has 1 unspecified atom stereocenters. The number of hydrogen-bond donors (Lipinski definition) is 2. The summed E-state index contributed by atoms with van der Waals surface area (Å²) in [6.07, 6.45) is 0. The largest absolute Gasteiger partial charge is 0.355 e. The summed E-state index contributed by atoms with van der Waals surface area (Å²) in [6, 6.07) is 11.0. The maximum Gasteiger partial charge on any atom is 0.191 e. The van der Waals surface area contributed by atoms with Gasteiger partial charge < -0.3 is 15.5 Å². The van der Waals surface area contributed by atoms with Crippen LogP contribution in [-0.2, 0) is 0 Å². The average molecular weight is 475 g/mol. The second kappa shape index (κ2) is 12.5. The molecular formula is C20H38IN5. The molecule has 0 radical (unpaired) electrons. The number of nitrogens with one attached hydrogen (secondary N) is 2. The molecule has 0 saturated heterocycles. The van der Waals surface area contributed by atoms with Crippen molar-refractivity contribution in [3.05, 3.63) is 35.9 Å². The summed E-state index contributed by atoms with van der Waals surface area (Å²) in [5.41, 5.74) is 1.40. The Hall–Kier alpha value is -0.860. The summed E-state index contributed by atoms with van der Waals surface area (Å²) < 4.78 is 0. The van der Waals surface area contributed by atoms with Crippen LogP contribution in [-0.4, -0.2) is 68.6 Å². The Morgan fingerprint density at radius 1 is 1.08 bits per heavy atom. The predicted molar refractivity (Wildman–Crippen MR) is 125 cm³/mol. The summed E-state index contributed by atoms with van der Waals surface area (Å²) in [6.45, 7) is 12.6. The lowest BCUT2D eigenvalue weighted by Crippen LogP contribution is -2.51. The van der Waals surface area contributed by atoms with Gasteiger partial charge in [-0.3, -0.25) is 9.89 Å². The Labute approximate surface area is 177 Å². The van der Waals surface area contributed by atoms with E-state index in [9.17, 15) is 0 Å². The monoisotopic (exact) mass is 475 g/mol. The van der Waals surface area contributed by atoms with E-state index in [1.807, 2.05) is 7.05 Å². The quantitative estimate of drug-likeness (QED) is 0.327. The highest BCUT2D eigenvalue weighted by Crippen LogP contribution is 2.19. The topological polar surface area (TPSA) is 42.9 Å². The Kier molecular flexibility index (Phi) is 12.1. The van der Waals surface area contributed by atoms with E-state index in [0.29, 0.717) is 6.04 Å². The van der Waals surface area contributed by atoms with Crippen LogP contribution in [0.25, 0.3) is 0 Å². The molecule has 6 heteroatoms. The highest BCUT2D eigenvalue weighted by molar-refractivity contribution is 14.0. The molecule has 0 amide bonds. The van der Waals surface area contributed by atoms with Gasteiger partial charge in [-0.2, -0.15) is 0 Å². The lowest BCUT2D eigenvalue weighted by molar-refractivity contribution is 0.196. The maximum absolute atomic E-state index is 4.38. The van der Waals surface area contributed by atoms with Crippen LogP contribution in [0.5, 0.6) is 0 Å². The van der Waals surface area contributed by atoms with Crippen molar-refractivity contribution < 1.29 is 0 Å². The van der Waals surface area contributed by atoms with Crippen LogP contribution < -0.4 is 10.6 Å². The van der Waals surface area contributed by atoms with Crippen LogP contribution in [0.15, 0.2) is 35.3 Å². The molecule has 0 aliphatic rings. The smallest absolute Gasteiger partial charge is 0.191 e. The molecule has 1 aromatic carbocycles. The first-order chi connectivity index (χ1) is 11.9. The van der Waals surface area contributed by atoms with Gasteiger partial charge in [0.25, 0.3) is 0 Å². The van der Waals surface area contributed by atoms with Crippen LogP contribution in [0.2, 0.25) is 0 Å². The molecule has 0 heterocycles. The van der Waals surface area contributed by atoms with Gasteiger partial charge in [0.15, 0.2) is 5.96 Å². The van der Waals surface area contributed by atoms with Gasteiger partial charge in [-0.05, 0) is 46.6 Å². The summed E-state index contributed by atoms with van der Waals surface area (Å²) in [4.78, 5) is 9.07. The van der Waals surface area contributed by atoms with E-state index in [1.54, 1.807) is 0 Å². The van der Waals surface area contributed by atoms with Crippen molar-refractivity contribution in [1.82, 2.24) is 20.4 Å². The van der Waals surface area contributed by atoms with E-state index in [1.165, 1.54) is 5.56 Å². The van der Waals surface area contributed by atoms with E-state index < -0.39 is 0 Å². The van der Waals surface area contributed by atoms with Crippen molar-refractivity contribution in [2.45, 2.75) is 39.3 Å². The standard InChI is InChI=1S/C20H37N5.HI/c1-8-25(9-2)18(17-13-11-10-12-14-17)15-22-19(21-5)23-16-20(3,4)24(6)7;/h10-14,18H,8-9,15-16H2,1-7H3,(H2,21,22,23);1H. The van der Waals surface area contributed by atoms with Gasteiger partial charge in [0, 0.05) is 25.7 Å². The van der Waals surface area contributed by atoms with Crippen molar-refractivity contribution in [3.63, 3.8) is 0 Å². The van der Waals surface area contributed by atoms with E-state index in [-0.39, 0.29) is 29.5 Å². The van der Waals surface area contributed by atoms with Gasteiger partial charge in [-0.1, -0.05) is 44.2 Å². The third-order valence-corrected chi connectivity index (χ3v) is 5.02. The molecule has 0 spiro atoms. The van der Waals surface area contributed by atoms with E-state index >= 15 is 0 Å². The van der Waals surface area contributed by atoms with Crippen LogP contribution in [0, 0.1) is 0 Å². The number of halogens is 1. The molecule has 0 fully saturated rings. The molecule has 2 N–H and O–H groups in total. The Morgan fingerprint density at radius 3 is 2.12 bits per heavy atom. The highest BCUT2D eigenvalue weighted by atomic mass is 127. The zero-order valence-corrected chi connectivity index (χ0v) is 19.9. The lowest BCUT2D eigenvalue weighted by atomic mass is 10.0. The molecule has 0 aliphatic carbocycles. The van der Waals surface area contributed by atoms with Gasteiger partial charge in [0.05, 0.1) is 6.04 Å². The Morgan fingerprint density at radius 2 is 1.65 bits per heavy atom. The van der Waals surface area contributed by atoms with Crippen molar-refractivity contribution in [2.75, 3.05) is 47.3 Å². The molecule has 1 atom stereocenters. The maximum atomic E-state index is 4.38. The molecule has 26 heavy (non-hydrogen) atoms. The van der Waals surface area contributed by atoms with E-state index in [4.69, 9.17) is 0 Å². The van der Waals surface area contributed by atoms with Gasteiger partial charge in [0.1, 0.15) is 0 Å². The second-order valence-corrected chi connectivity index (χ2v) is 7.16. The second-order valence-electron chi connectivity index (χ2n) is 7.16. The molecule has 0 aliphatic heterocycles. The first-order valence-electron chi connectivity index (χ1n) is 9.26. The number of rotatable bonds is 9. The fourth-order valence-corrected chi connectivity index (χ4v) is 2.67. The average Bonchev–Trinajstić information content (AvgIpc) is 2.61. The van der Waals surface area contributed by atoms with Crippen molar-refractivity contribution in [1.29, 1.82) is 0 Å². The first kappa shape index (κ1) is 25.1. The number of guanidine groups is 1. The van der Waals surface area contributed by atoms with Gasteiger partial charge in [0.2, 0.25) is 0 Å². The van der Waals surface area contributed by atoms with Crippen molar-refractivity contribution in [2.24, 2.45) is 4.99 Å². The fourth-order valence-electron chi connectivity index (χ4n) is 2.67. The van der Waals surface area contributed by atoms with Crippen molar-refractivity contribution in [3.8, 4) is 0 Å². The zero-order valence-electron chi connectivity index (χ0n) is 17.5. The normalized spacial score (nSPS) is 13.5. The third-order valence-electron chi connectivity index (χ3n) is 5.02. The number of hydrogen-bond acceptors (Lipinski definition) is 3. The van der Waals surface area contributed by atoms with Crippen LogP contribution in [0.3, 0.4) is 0 Å². The molecule has 150 valence electrons. The fraction of sp³-hybridized carbons (Fsp3) is 0.650. The van der Waals surface area contributed by atoms with Crippen LogP contribution >= 0.6 is 24.0 Å². The Balaban J connectivity index is 0.00000625. The molecule has 0 aromatic heterocycles. The molecule has 0 saturated carbocycles. The summed E-state index contributed by atoms with van der Waals surface area (Å²) in [7, 11) is 6.03. The minimum Gasteiger partial charge on any atom is -0.355 e. The minimum absolute atomic E-state index is 0. The first-order valence-corrected chi connectivity index (χ1v) is 9.26. The zero-order chi connectivity index (χ0) is 18.9. The third kappa shape index (κ3) is 7.80. The van der Waals surface area contributed by atoms with Gasteiger partial charge >= 0.3 is 0 Å². The predicted octanol–water partition coefficient (Wildman–Crippen LogP) is 3.19. The molecule has 5 nitrogen and oxygen atoms in total. The highest BCUT2D eigenvalue weighted by Gasteiger charge is 2.21. The van der Waals surface area contributed by atoms with Gasteiger partial charge in [-0.15, -0.1) is 24.0 Å². The molecule has 0 bridgehead atoms. The SMILES string of the molecule is CCN(CC)C(CNC(=NC)NCC(C)(C)N(C)C)c1ccccc1.I. The van der Waals surface area contributed by atoms with E-state index in [0.717, 1.165) is 32.1 Å². The lowest BCUT2D eigenvalue weighted by Gasteiger charge is -2.34. The number of benzene rings is 1. The molecular weight excluding hydrogens is 437 g/mol. The minimum atomic E-state index is 0. The summed E-state index contributed by atoms with van der Waals surface area (Å²) in [5, 5.41) is 6.96. The van der Waals surface area contributed by atoms with Crippen LogP contribution in [0.1, 0.15) is 39.3 Å². The Bertz CT molecular complexity index is 512. The van der Waals surface area contributed by atoms with E-state index in [2.05, 4.69) is 97.5 Å². The van der Waals surface area contributed by atoms with Crippen LogP contribution in [0.4, 0.5) is 0 Å². The van der Waals surface area contributed by atoms with Crippen molar-refractivity contribution >= 4 is 29.9 Å². The summed E-state index contributed by atoms with van der Waals surface area (Å²) >= 11 is 0. The summed E-state index contributed by atoms with van der Waals surface area (Å²) in [5.74, 6) is 0.850. The molecule has 1 aromatic rings. The number of nitrogens with zero attached hydrogens (tertiary/aromatic N) is 3. The number of likely N-dealkylation sites (N-methyl/N-ethyl adjacent to an activating group) is 2. The van der Waals surface area contributed by atoms with Gasteiger partial charge in [-0.25, -0.2) is 0 Å².